The molecule has 0 aliphatic carbocycles. The van der Waals surface area contributed by atoms with Crippen LogP contribution in [0.3, 0.4) is 0 Å². The molecule has 5 heteroatoms. The zero-order chi connectivity index (χ0) is 9.52. The SMILES string of the molecule is O=[PH](O)OCCNc1ccccc1. The molecular formula is C8H12NO3P. The van der Waals surface area contributed by atoms with Gasteiger partial charge < -0.3 is 14.7 Å². The Bertz CT molecular complexity index is 265. The van der Waals surface area contributed by atoms with Crippen LogP contribution in [0, 0.1) is 0 Å². The maximum atomic E-state index is 10.1. The number of rotatable bonds is 5. The molecule has 1 rings (SSSR count). The van der Waals surface area contributed by atoms with E-state index in [1.807, 2.05) is 30.3 Å². The van der Waals surface area contributed by atoms with Crippen LogP contribution in [0.4, 0.5) is 5.69 Å². The molecule has 0 radical (unpaired) electrons. The van der Waals surface area contributed by atoms with E-state index in [9.17, 15) is 4.57 Å². The third kappa shape index (κ3) is 4.68. The molecule has 1 aromatic carbocycles. The van der Waals surface area contributed by atoms with Crippen LogP contribution in [0.2, 0.25) is 0 Å². The lowest BCUT2D eigenvalue weighted by atomic mass is 10.3. The van der Waals surface area contributed by atoms with Crippen LogP contribution in [-0.2, 0) is 9.09 Å². The molecule has 1 aromatic rings. The summed E-state index contributed by atoms with van der Waals surface area (Å²) in [5.41, 5.74) is 0.976. The highest BCUT2D eigenvalue weighted by Gasteiger charge is 1.92. The van der Waals surface area contributed by atoms with Gasteiger partial charge in [-0.25, -0.2) is 0 Å². The Morgan fingerprint density at radius 1 is 1.38 bits per heavy atom. The largest absolute Gasteiger partial charge is 0.383 e. The molecule has 0 spiro atoms. The zero-order valence-electron chi connectivity index (χ0n) is 7.06. The van der Waals surface area contributed by atoms with Gasteiger partial charge in [-0.1, -0.05) is 18.2 Å². The minimum Gasteiger partial charge on any atom is -0.383 e. The second-order valence-electron chi connectivity index (χ2n) is 2.41. The minimum absolute atomic E-state index is 0.239. The first kappa shape index (κ1) is 10.3. The van der Waals surface area contributed by atoms with Crippen molar-refractivity contribution >= 4 is 13.9 Å². The van der Waals surface area contributed by atoms with Crippen LogP contribution in [-0.4, -0.2) is 18.0 Å². The third-order valence-corrected chi connectivity index (χ3v) is 1.88. The van der Waals surface area contributed by atoms with E-state index >= 15 is 0 Å². The van der Waals surface area contributed by atoms with Gasteiger partial charge in [-0.3, -0.25) is 4.57 Å². The molecule has 4 nitrogen and oxygen atoms in total. The Balaban J connectivity index is 2.17. The Kier molecular flexibility index (Phi) is 4.54. The first-order valence-corrected chi connectivity index (χ1v) is 5.20. The summed E-state index contributed by atoms with van der Waals surface area (Å²) in [7, 11) is -2.78. The van der Waals surface area contributed by atoms with Crippen LogP contribution in [0.25, 0.3) is 0 Å². The van der Waals surface area contributed by atoms with Crippen molar-refractivity contribution in [3.8, 4) is 0 Å². The van der Waals surface area contributed by atoms with E-state index in [1.54, 1.807) is 0 Å². The molecule has 13 heavy (non-hydrogen) atoms. The van der Waals surface area contributed by atoms with E-state index in [0.29, 0.717) is 6.54 Å². The fourth-order valence-corrected chi connectivity index (χ4v) is 1.17. The standard InChI is InChI=1S/C8H12NO3P/c10-13(11)12-7-6-9-8-4-2-1-3-5-8/h1-5,9,13H,6-7H2,(H,10,11). The predicted molar refractivity (Wildman–Crippen MR) is 52.1 cm³/mol. The molecule has 0 heterocycles. The van der Waals surface area contributed by atoms with Crippen LogP contribution in [0.5, 0.6) is 0 Å². The lowest BCUT2D eigenvalue weighted by Crippen LogP contribution is -2.06. The molecule has 0 bridgehead atoms. The Morgan fingerprint density at radius 2 is 2.08 bits per heavy atom. The van der Waals surface area contributed by atoms with Crippen molar-refractivity contribution in [2.45, 2.75) is 0 Å². The molecule has 72 valence electrons. The highest BCUT2D eigenvalue weighted by atomic mass is 31.1. The number of para-hydroxylation sites is 1. The fourth-order valence-electron chi connectivity index (χ4n) is 0.890. The maximum absolute atomic E-state index is 10.1. The molecule has 1 unspecified atom stereocenters. The number of hydrogen-bond acceptors (Lipinski definition) is 3. The van der Waals surface area contributed by atoms with Gasteiger partial charge in [-0.15, -0.1) is 0 Å². The average Bonchev–Trinajstić information content (AvgIpc) is 2.14. The van der Waals surface area contributed by atoms with E-state index in [1.165, 1.54) is 0 Å². The van der Waals surface area contributed by atoms with Crippen LogP contribution in [0.1, 0.15) is 0 Å². The zero-order valence-corrected chi connectivity index (χ0v) is 8.06. The van der Waals surface area contributed by atoms with Crippen molar-refractivity contribution in [1.29, 1.82) is 0 Å². The normalized spacial score (nSPS) is 12.4. The Hall–Kier alpha value is -0.830. The van der Waals surface area contributed by atoms with Crippen LogP contribution >= 0.6 is 8.25 Å². The van der Waals surface area contributed by atoms with Crippen molar-refractivity contribution in [2.75, 3.05) is 18.5 Å². The summed E-state index contributed by atoms with van der Waals surface area (Å²) in [4.78, 5) is 8.35. The first-order valence-electron chi connectivity index (χ1n) is 3.93. The lowest BCUT2D eigenvalue weighted by molar-refractivity contribution is 0.293. The van der Waals surface area contributed by atoms with Crippen molar-refractivity contribution in [3.63, 3.8) is 0 Å². The topological polar surface area (TPSA) is 58.6 Å². The fraction of sp³-hybridized carbons (Fsp3) is 0.250. The number of hydrogen-bond donors (Lipinski definition) is 2. The first-order chi connectivity index (χ1) is 6.29. The molecule has 0 aliphatic heterocycles. The summed E-state index contributed by atoms with van der Waals surface area (Å²) in [6.07, 6.45) is 0. The summed E-state index contributed by atoms with van der Waals surface area (Å²) < 4.78 is 14.6. The molecule has 2 N–H and O–H groups in total. The number of anilines is 1. The smallest absolute Gasteiger partial charge is 0.316 e. The summed E-state index contributed by atoms with van der Waals surface area (Å²) >= 11 is 0. The van der Waals surface area contributed by atoms with E-state index in [-0.39, 0.29) is 6.61 Å². The van der Waals surface area contributed by atoms with Crippen LogP contribution in [0.15, 0.2) is 30.3 Å². The summed E-state index contributed by atoms with van der Waals surface area (Å²) in [6, 6.07) is 9.59. The second kappa shape index (κ2) is 5.75. The second-order valence-corrected chi connectivity index (χ2v) is 3.23. The van der Waals surface area contributed by atoms with Gasteiger partial charge in [0, 0.05) is 12.2 Å². The number of nitrogens with one attached hydrogen (secondary N) is 1. The number of benzene rings is 1. The highest BCUT2D eigenvalue weighted by molar-refractivity contribution is 7.32. The molecule has 0 aromatic heterocycles. The average molecular weight is 201 g/mol. The molecule has 0 saturated carbocycles. The summed E-state index contributed by atoms with van der Waals surface area (Å²) in [6.45, 7) is 0.768. The van der Waals surface area contributed by atoms with Crippen molar-refractivity contribution in [1.82, 2.24) is 0 Å². The van der Waals surface area contributed by atoms with Gasteiger partial charge in [0.2, 0.25) is 0 Å². The molecule has 0 amide bonds. The maximum Gasteiger partial charge on any atom is 0.316 e. The van der Waals surface area contributed by atoms with E-state index in [2.05, 4.69) is 9.84 Å². The van der Waals surface area contributed by atoms with E-state index in [0.717, 1.165) is 5.69 Å². The highest BCUT2D eigenvalue weighted by Crippen LogP contribution is 2.13. The van der Waals surface area contributed by atoms with Crippen molar-refractivity contribution < 1.29 is 14.0 Å². The molecule has 0 saturated heterocycles. The van der Waals surface area contributed by atoms with Crippen molar-refractivity contribution in [2.24, 2.45) is 0 Å². The molecule has 1 atom stereocenters. The van der Waals surface area contributed by atoms with Gasteiger partial charge in [0.05, 0.1) is 6.61 Å². The van der Waals surface area contributed by atoms with E-state index in [4.69, 9.17) is 4.89 Å². The van der Waals surface area contributed by atoms with Crippen molar-refractivity contribution in [3.05, 3.63) is 30.3 Å². The Morgan fingerprint density at radius 3 is 2.69 bits per heavy atom. The molecular weight excluding hydrogens is 189 g/mol. The summed E-state index contributed by atoms with van der Waals surface area (Å²) in [5.74, 6) is 0. The molecule has 0 fully saturated rings. The van der Waals surface area contributed by atoms with Gasteiger partial charge >= 0.3 is 8.25 Å². The lowest BCUT2D eigenvalue weighted by Gasteiger charge is -2.04. The van der Waals surface area contributed by atoms with Gasteiger partial charge in [-0.05, 0) is 12.1 Å². The van der Waals surface area contributed by atoms with Gasteiger partial charge in [-0.2, -0.15) is 0 Å². The Labute approximate surface area is 77.5 Å². The third-order valence-electron chi connectivity index (χ3n) is 1.43. The van der Waals surface area contributed by atoms with Gasteiger partial charge in [0.25, 0.3) is 0 Å². The molecule has 0 aliphatic rings. The van der Waals surface area contributed by atoms with E-state index < -0.39 is 8.25 Å². The monoisotopic (exact) mass is 201 g/mol. The minimum atomic E-state index is -2.78. The van der Waals surface area contributed by atoms with Gasteiger partial charge in [0.15, 0.2) is 0 Å². The summed E-state index contributed by atoms with van der Waals surface area (Å²) in [5, 5.41) is 3.04. The van der Waals surface area contributed by atoms with Gasteiger partial charge in [0.1, 0.15) is 0 Å². The van der Waals surface area contributed by atoms with Crippen LogP contribution < -0.4 is 5.32 Å². The quantitative estimate of drug-likeness (QED) is 0.559. The predicted octanol–water partition coefficient (Wildman–Crippen LogP) is 1.50.